The summed E-state index contributed by atoms with van der Waals surface area (Å²) < 4.78 is 5.42. The lowest BCUT2D eigenvalue weighted by Gasteiger charge is -2.34. The van der Waals surface area contributed by atoms with Gasteiger partial charge in [-0.3, -0.25) is 9.59 Å². The molecule has 2 aromatic carbocycles. The number of carbonyl (C=O) groups is 2. The molecule has 4 rings (SSSR count). The van der Waals surface area contributed by atoms with Gasteiger partial charge in [-0.05, 0) is 29.2 Å². The van der Waals surface area contributed by atoms with Gasteiger partial charge < -0.3 is 9.64 Å². The van der Waals surface area contributed by atoms with E-state index in [9.17, 15) is 9.59 Å². The third-order valence-electron chi connectivity index (χ3n) is 5.29. The highest BCUT2D eigenvalue weighted by Gasteiger charge is 2.30. The molecule has 0 atom stereocenters. The minimum Gasteiger partial charge on any atom is -0.378 e. The number of allylic oxidation sites excluding steroid dienone is 2. The van der Waals surface area contributed by atoms with Gasteiger partial charge in [0, 0.05) is 31.6 Å². The number of ketones is 2. The van der Waals surface area contributed by atoms with E-state index in [1.165, 1.54) is 0 Å². The Morgan fingerprint density at radius 2 is 1.77 bits per heavy atom. The molecule has 0 radical (unpaired) electrons. The van der Waals surface area contributed by atoms with Crippen molar-refractivity contribution in [3.63, 3.8) is 0 Å². The van der Waals surface area contributed by atoms with Gasteiger partial charge in [0.1, 0.15) is 0 Å². The van der Waals surface area contributed by atoms with Gasteiger partial charge in [0.05, 0.1) is 18.8 Å². The Labute approximate surface area is 153 Å². The lowest BCUT2D eigenvalue weighted by Crippen LogP contribution is -2.39. The van der Waals surface area contributed by atoms with Crippen LogP contribution in [0.2, 0.25) is 0 Å². The molecule has 1 saturated heterocycles. The van der Waals surface area contributed by atoms with E-state index in [0.29, 0.717) is 25.2 Å². The Hall–Kier alpha value is -2.46. The Balaban J connectivity index is 1.67. The average molecular weight is 349 g/mol. The molecule has 0 aromatic heterocycles. The van der Waals surface area contributed by atoms with Crippen LogP contribution in [0.5, 0.6) is 0 Å². The molecule has 0 N–H and O–H groups in total. The number of ether oxygens (including phenoxy) is 1. The number of carbonyl (C=O) groups excluding carboxylic acids is 2. The number of nitrogens with zero attached hydrogens (tertiary/aromatic N) is 1. The molecule has 1 fully saturated rings. The van der Waals surface area contributed by atoms with Crippen LogP contribution in [0.4, 0.5) is 0 Å². The zero-order chi connectivity index (χ0) is 17.9. The highest BCUT2D eigenvalue weighted by Crippen LogP contribution is 2.28. The molecule has 1 aliphatic carbocycles. The Morgan fingerprint density at radius 3 is 2.62 bits per heavy atom. The second-order valence-electron chi connectivity index (χ2n) is 6.94. The van der Waals surface area contributed by atoms with Gasteiger partial charge in [-0.25, -0.2) is 0 Å². The second kappa shape index (κ2) is 7.42. The first-order chi connectivity index (χ1) is 12.7. The smallest absolute Gasteiger partial charge is 0.172 e. The summed E-state index contributed by atoms with van der Waals surface area (Å²) in [6.45, 7) is 2.83. The minimum atomic E-state index is -0.0486. The summed E-state index contributed by atoms with van der Waals surface area (Å²) in [7, 11) is 0. The number of hydrogen-bond acceptors (Lipinski definition) is 4. The average Bonchev–Trinajstić information content (AvgIpc) is 2.68. The SMILES string of the molecule is O=C1CCCC(N2CCOCC2)=C1C(=O)Cc1cccc2ccccc12. The fourth-order valence-electron chi connectivity index (χ4n) is 4.00. The number of rotatable bonds is 4. The van der Waals surface area contributed by atoms with Crippen LogP contribution < -0.4 is 0 Å². The molecule has 26 heavy (non-hydrogen) atoms. The van der Waals surface area contributed by atoms with E-state index in [1.807, 2.05) is 42.5 Å². The van der Waals surface area contributed by atoms with Crippen LogP contribution in [-0.2, 0) is 20.7 Å². The van der Waals surface area contributed by atoms with Crippen molar-refractivity contribution >= 4 is 22.3 Å². The van der Waals surface area contributed by atoms with Gasteiger partial charge in [-0.2, -0.15) is 0 Å². The molecule has 0 bridgehead atoms. The predicted molar refractivity (Wildman–Crippen MR) is 101 cm³/mol. The third kappa shape index (κ3) is 3.29. The zero-order valence-corrected chi connectivity index (χ0v) is 14.9. The Morgan fingerprint density at radius 1 is 1.00 bits per heavy atom. The van der Waals surface area contributed by atoms with E-state index in [2.05, 4.69) is 4.90 Å². The van der Waals surface area contributed by atoms with Crippen LogP contribution in [0.1, 0.15) is 24.8 Å². The van der Waals surface area contributed by atoms with Crippen molar-refractivity contribution in [3.05, 3.63) is 59.3 Å². The quantitative estimate of drug-likeness (QED) is 0.795. The largest absolute Gasteiger partial charge is 0.378 e. The van der Waals surface area contributed by atoms with Crippen LogP contribution in [0.15, 0.2) is 53.7 Å². The molecular formula is C22H23NO3. The molecule has 0 unspecified atom stereocenters. The fourth-order valence-corrected chi connectivity index (χ4v) is 4.00. The zero-order valence-electron chi connectivity index (χ0n) is 14.9. The molecule has 1 aliphatic heterocycles. The summed E-state index contributed by atoms with van der Waals surface area (Å²) in [5.74, 6) is -0.0458. The highest BCUT2D eigenvalue weighted by molar-refractivity contribution is 6.22. The van der Waals surface area contributed by atoms with Crippen molar-refractivity contribution in [2.75, 3.05) is 26.3 Å². The standard InChI is InChI=1S/C22H23NO3/c24-20-10-4-9-19(23-11-13-26-14-12-23)22(20)21(25)15-17-7-3-6-16-5-1-2-8-18(16)17/h1-3,5-8H,4,9-15H2. The van der Waals surface area contributed by atoms with Crippen LogP contribution in [-0.4, -0.2) is 42.8 Å². The Bertz CT molecular complexity index is 873. The Kier molecular flexibility index (Phi) is 4.85. The topological polar surface area (TPSA) is 46.6 Å². The maximum Gasteiger partial charge on any atom is 0.172 e. The molecule has 0 spiro atoms. The predicted octanol–water partition coefficient (Wildman–Crippen LogP) is 3.29. The fraction of sp³-hybridized carbons (Fsp3) is 0.364. The molecule has 134 valence electrons. The van der Waals surface area contributed by atoms with Gasteiger partial charge in [-0.15, -0.1) is 0 Å². The normalized spacial score (nSPS) is 18.5. The number of Topliss-reactive ketones (excluding diaryl/α,β-unsaturated/α-hetero) is 2. The number of fused-ring (bicyclic) bond motifs is 1. The summed E-state index contributed by atoms with van der Waals surface area (Å²) in [5, 5.41) is 2.20. The number of morpholine rings is 1. The lowest BCUT2D eigenvalue weighted by atomic mass is 9.88. The highest BCUT2D eigenvalue weighted by atomic mass is 16.5. The van der Waals surface area contributed by atoms with E-state index in [0.717, 1.165) is 48.0 Å². The van der Waals surface area contributed by atoms with E-state index < -0.39 is 0 Å². The van der Waals surface area contributed by atoms with Gasteiger partial charge in [0.2, 0.25) is 0 Å². The van der Waals surface area contributed by atoms with Gasteiger partial charge in [0.15, 0.2) is 11.6 Å². The van der Waals surface area contributed by atoms with E-state index in [-0.39, 0.29) is 18.0 Å². The number of hydrogen-bond donors (Lipinski definition) is 0. The summed E-state index contributed by atoms with van der Waals surface area (Å²) in [4.78, 5) is 27.9. The molecule has 2 aromatic rings. The van der Waals surface area contributed by atoms with Crippen LogP contribution in [0.3, 0.4) is 0 Å². The molecule has 1 heterocycles. The van der Waals surface area contributed by atoms with E-state index in [1.54, 1.807) is 0 Å². The van der Waals surface area contributed by atoms with Crippen LogP contribution >= 0.6 is 0 Å². The van der Waals surface area contributed by atoms with Crippen molar-refractivity contribution < 1.29 is 14.3 Å². The van der Waals surface area contributed by atoms with Gasteiger partial charge >= 0.3 is 0 Å². The molecule has 2 aliphatic rings. The van der Waals surface area contributed by atoms with Crippen molar-refractivity contribution in [1.82, 2.24) is 4.90 Å². The monoisotopic (exact) mass is 349 g/mol. The third-order valence-corrected chi connectivity index (χ3v) is 5.29. The first-order valence-corrected chi connectivity index (χ1v) is 9.33. The van der Waals surface area contributed by atoms with Crippen molar-refractivity contribution in [1.29, 1.82) is 0 Å². The summed E-state index contributed by atoms with van der Waals surface area (Å²) in [5.41, 5.74) is 2.36. The molecule has 0 amide bonds. The first-order valence-electron chi connectivity index (χ1n) is 9.33. The summed E-state index contributed by atoms with van der Waals surface area (Å²) in [6.07, 6.45) is 2.39. The second-order valence-corrected chi connectivity index (χ2v) is 6.94. The van der Waals surface area contributed by atoms with Crippen molar-refractivity contribution in [2.45, 2.75) is 25.7 Å². The van der Waals surface area contributed by atoms with Crippen LogP contribution in [0.25, 0.3) is 10.8 Å². The molecule has 0 saturated carbocycles. The first kappa shape index (κ1) is 17.0. The van der Waals surface area contributed by atoms with Gasteiger partial charge in [-0.1, -0.05) is 42.5 Å². The molecule has 4 nitrogen and oxygen atoms in total. The van der Waals surface area contributed by atoms with Crippen molar-refractivity contribution in [3.8, 4) is 0 Å². The van der Waals surface area contributed by atoms with E-state index >= 15 is 0 Å². The maximum atomic E-state index is 13.1. The lowest BCUT2D eigenvalue weighted by molar-refractivity contribution is -0.122. The number of benzene rings is 2. The van der Waals surface area contributed by atoms with Crippen LogP contribution in [0, 0.1) is 0 Å². The molecular weight excluding hydrogens is 326 g/mol. The van der Waals surface area contributed by atoms with E-state index in [4.69, 9.17) is 4.74 Å². The summed E-state index contributed by atoms with van der Waals surface area (Å²) in [6, 6.07) is 14.1. The van der Waals surface area contributed by atoms with Crippen molar-refractivity contribution in [2.24, 2.45) is 0 Å². The summed E-state index contributed by atoms with van der Waals surface area (Å²) >= 11 is 0. The molecule has 4 heteroatoms. The minimum absolute atomic E-state index is 0.00276. The maximum absolute atomic E-state index is 13.1. The van der Waals surface area contributed by atoms with Gasteiger partial charge in [0.25, 0.3) is 0 Å².